The maximum atomic E-state index is 3.75. The van der Waals surface area contributed by atoms with Crippen LogP contribution in [0, 0.1) is 0 Å². The Morgan fingerprint density at radius 1 is 1.36 bits per heavy atom. The van der Waals surface area contributed by atoms with Gasteiger partial charge in [0.2, 0.25) is 0 Å². The van der Waals surface area contributed by atoms with Crippen LogP contribution in [0.1, 0.15) is 26.2 Å². The highest BCUT2D eigenvalue weighted by Crippen LogP contribution is 2.18. The molecule has 0 nitrogen and oxygen atoms in total. The number of rotatable bonds is 4. The second kappa shape index (κ2) is 4.58. The Labute approximate surface area is 72.0 Å². The molecule has 0 N–H and O–H groups in total. The van der Waals surface area contributed by atoms with Crippen LogP contribution in [0.5, 0.6) is 0 Å². The first-order chi connectivity index (χ1) is 5.02. The van der Waals surface area contributed by atoms with E-state index < -0.39 is 8.07 Å². The zero-order chi connectivity index (χ0) is 8.91. The molecule has 0 aromatic heterocycles. The van der Waals surface area contributed by atoms with Crippen molar-refractivity contribution in [2.45, 2.75) is 45.8 Å². The topological polar surface area (TPSA) is 0 Å². The summed E-state index contributed by atoms with van der Waals surface area (Å²) in [6.45, 7) is 13.1. The molecular formula is C10H20Si. The van der Waals surface area contributed by atoms with Gasteiger partial charge in [-0.15, -0.1) is 5.73 Å². The standard InChI is InChI=1S/C10H20Si/c1-6-8-9-10(7-2)11(3,4)5/h2,6,8-9H2,1,3-5H3. The summed E-state index contributed by atoms with van der Waals surface area (Å²) < 4.78 is 0. The van der Waals surface area contributed by atoms with Crippen LogP contribution in [0.15, 0.2) is 17.5 Å². The summed E-state index contributed by atoms with van der Waals surface area (Å²) in [6.07, 6.45) is 3.79. The highest BCUT2D eigenvalue weighted by Gasteiger charge is 2.17. The van der Waals surface area contributed by atoms with Gasteiger partial charge in [0.05, 0.1) is 8.07 Å². The molecule has 0 rings (SSSR count). The molecule has 11 heavy (non-hydrogen) atoms. The molecule has 1 heteroatoms. The molecule has 0 spiro atoms. The summed E-state index contributed by atoms with van der Waals surface area (Å²) in [4.78, 5) is 0. The molecule has 0 aromatic carbocycles. The quantitative estimate of drug-likeness (QED) is 0.443. The first-order valence-electron chi connectivity index (χ1n) is 4.41. The molecule has 0 aliphatic carbocycles. The van der Waals surface area contributed by atoms with E-state index in [0.29, 0.717) is 0 Å². The Bertz CT molecular complexity index is 156. The summed E-state index contributed by atoms with van der Waals surface area (Å²) in [5, 5.41) is 1.50. The Morgan fingerprint density at radius 2 is 1.91 bits per heavy atom. The third-order valence-corrected chi connectivity index (χ3v) is 4.14. The second-order valence-corrected chi connectivity index (χ2v) is 9.11. The molecule has 0 aliphatic rings. The molecule has 0 bridgehead atoms. The Hall–Kier alpha value is -0.263. The fourth-order valence-electron chi connectivity index (χ4n) is 1.08. The van der Waals surface area contributed by atoms with Gasteiger partial charge < -0.3 is 0 Å². The number of unbranched alkanes of at least 4 members (excludes halogenated alkanes) is 1. The molecule has 0 fully saturated rings. The summed E-state index contributed by atoms with van der Waals surface area (Å²) in [5.41, 5.74) is 3.11. The molecule has 0 saturated carbocycles. The van der Waals surface area contributed by atoms with Gasteiger partial charge in [0, 0.05) is 0 Å². The molecule has 0 saturated heterocycles. The fraction of sp³-hybridized carbons (Fsp3) is 0.700. The van der Waals surface area contributed by atoms with Gasteiger partial charge in [0.25, 0.3) is 0 Å². The van der Waals surface area contributed by atoms with E-state index in [9.17, 15) is 0 Å². The molecule has 0 atom stereocenters. The normalized spacial score (nSPS) is 10.9. The molecule has 64 valence electrons. The molecule has 0 amide bonds. The lowest BCUT2D eigenvalue weighted by Crippen LogP contribution is -2.23. The Morgan fingerprint density at radius 3 is 2.18 bits per heavy atom. The van der Waals surface area contributed by atoms with E-state index in [-0.39, 0.29) is 0 Å². The van der Waals surface area contributed by atoms with Crippen molar-refractivity contribution in [2.75, 3.05) is 0 Å². The summed E-state index contributed by atoms with van der Waals surface area (Å²) in [6, 6.07) is 0. The zero-order valence-corrected chi connectivity index (χ0v) is 9.33. The van der Waals surface area contributed by atoms with Gasteiger partial charge in [0.1, 0.15) is 0 Å². The third kappa shape index (κ3) is 4.23. The molecule has 0 aliphatic heterocycles. The zero-order valence-electron chi connectivity index (χ0n) is 8.33. The van der Waals surface area contributed by atoms with Crippen LogP contribution in [0.4, 0.5) is 0 Å². The monoisotopic (exact) mass is 168 g/mol. The molecule has 0 aromatic rings. The van der Waals surface area contributed by atoms with Crippen LogP contribution in [0.3, 0.4) is 0 Å². The van der Waals surface area contributed by atoms with Crippen molar-refractivity contribution in [1.82, 2.24) is 0 Å². The number of hydrogen-bond donors (Lipinski definition) is 0. The van der Waals surface area contributed by atoms with Crippen molar-refractivity contribution in [1.29, 1.82) is 0 Å². The van der Waals surface area contributed by atoms with E-state index in [1.165, 1.54) is 24.5 Å². The van der Waals surface area contributed by atoms with Crippen LogP contribution in [0.25, 0.3) is 0 Å². The highest BCUT2D eigenvalue weighted by molar-refractivity contribution is 6.83. The predicted octanol–water partition coefficient (Wildman–Crippen LogP) is 3.77. The van der Waals surface area contributed by atoms with Crippen molar-refractivity contribution < 1.29 is 0 Å². The highest BCUT2D eigenvalue weighted by atomic mass is 28.3. The van der Waals surface area contributed by atoms with Crippen LogP contribution in [-0.2, 0) is 0 Å². The van der Waals surface area contributed by atoms with Gasteiger partial charge in [-0.05, 0) is 18.0 Å². The van der Waals surface area contributed by atoms with Crippen molar-refractivity contribution in [3.05, 3.63) is 17.5 Å². The van der Waals surface area contributed by atoms with Crippen LogP contribution in [-0.4, -0.2) is 8.07 Å². The van der Waals surface area contributed by atoms with Crippen molar-refractivity contribution in [2.24, 2.45) is 0 Å². The minimum atomic E-state index is -1.08. The third-order valence-electron chi connectivity index (χ3n) is 1.90. The van der Waals surface area contributed by atoms with E-state index >= 15 is 0 Å². The molecule has 0 heterocycles. The average molecular weight is 168 g/mol. The van der Waals surface area contributed by atoms with E-state index in [4.69, 9.17) is 0 Å². The minimum Gasteiger partial charge on any atom is -0.134 e. The van der Waals surface area contributed by atoms with E-state index in [1.807, 2.05) is 0 Å². The first kappa shape index (κ1) is 10.7. The number of hydrogen-bond acceptors (Lipinski definition) is 0. The summed E-state index contributed by atoms with van der Waals surface area (Å²) in [5.74, 6) is 0. The molecule has 0 unspecified atom stereocenters. The lowest BCUT2D eigenvalue weighted by atomic mass is 10.2. The van der Waals surface area contributed by atoms with Gasteiger partial charge in [-0.25, -0.2) is 0 Å². The van der Waals surface area contributed by atoms with E-state index in [2.05, 4.69) is 38.9 Å². The van der Waals surface area contributed by atoms with Crippen LogP contribution < -0.4 is 0 Å². The van der Waals surface area contributed by atoms with Crippen LogP contribution >= 0.6 is 0 Å². The van der Waals surface area contributed by atoms with E-state index in [0.717, 1.165) is 0 Å². The first-order valence-corrected chi connectivity index (χ1v) is 7.91. The SMILES string of the molecule is C=C=C(CCCC)[Si](C)(C)C. The fourth-order valence-corrected chi connectivity index (χ4v) is 2.54. The largest absolute Gasteiger partial charge is 0.134 e. The molecular weight excluding hydrogens is 148 g/mol. The van der Waals surface area contributed by atoms with Gasteiger partial charge in [0.15, 0.2) is 0 Å². The van der Waals surface area contributed by atoms with Gasteiger partial charge >= 0.3 is 0 Å². The summed E-state index contributed by atoms with van der Waals surface area (Å²) in [7, 11) is -1.08. The average Bonchev–Trinajstić information content (AvgIpc) is 1.87. The predicted molar refractivity (Wildman–Crippen MR) is 55.5 cm³/mol. The maximum absolute atomic E-state index is 3.75. The second-order valence-electron chi connectivity index (χ2n) is 4.01. The van der Waals surface area contributed by atoms with Gasteiger partial charge in [-0.2, -0.15) is 0 Å². The smallest absolute Gasteiger partial charge is 0.0823 e. The Kier molecular flexibility index (Phi) is 4.47. The van der Waals surface area contributed by atoms with Crippen LogP contribution in [0.2, 0.25) is 19.6 Å². The van der Waals surface area contributed by atoms with Crippen molar-refractivity contribution >= 4 is 8.07 Å². The lowest BCUT2D eigenvalue weighted by Gasteiger charge is -2.18. The maximum Gasteiger partial charge on any atom is 0.0823 e. The molecule has 0 radical (unpaired) electrons. The van der Waals surface area contributed by atoms with Crippen molar-refractivity contribution in [3.8, 4) is 0 Å². The number of allylic oxidation sites excluding steroid dienone is 1. The minimum absolute atomic E-state index is 1.08. The van der Waals surface area contributed by atoms with Gasteiger partial charge in [-0.1, -0.05) is 39.6 Å². The Balaban J connectivity index is 4.10. The van der Waals surface area contributed by atoms with Crippen molar-refractivity contribution in [3.63, 3.8) is 0 Å². The summed E-state index contributed by atoms with van der Waals surface area (Å²) >= 11 is 0. The van der Waals surface area contributed by atoms with Gasteiger partial charge in [-0.3, -0.25) is 0 Å². The van der Waals surface area contributed by atoms with E-state index in [1.54, 1.807) is 0 Å². The lowest BCUT2D eigenvalue weighted by molar-refractivity contribution is 0.804.